The number of aryl methyl sites for hydroxylation is 1. The van der Waals surface area contributed by atoms with Crippen LogP contribution in [-0.4, -0.2) is 28.7 Å². The van der Waals surface area contributed by atoms with Crippen LogP contribution in [0.5, 0.6) is 5.75 Å². The zero-order valence-electron chi connectivity index (χ0n) is 13.2. The van der Waals surface area contributed by atoms with Gasteiger partial charge in [-0.05, 0) is 67.2 Å². The predicted molar refractivity (Wildman–Crippen MR) is 99.4 cm³/mol. The number of halogens is 1. The van der Waals surface area contributed by atoms with Gasteiger partial charge in [-0.15, -0.1) is 0 Å². The Hall–Kier alpha value is -2.64. The summed E-state index contributed by atoms with van der Waals surface area (Å²) >= 11 is 11.0. The summed E-state index contributed by atoms with van der Waals surface area (Å²) in [7, 11) is 0. The molecule has 1 amide bonds. The van der Waals surface area contributed by atoms with E-state index in [1.54, 1.807) is 30.3 Å². The molecular weight excluding hydrogens is 364 g/mol. The third-order valence-corrected chi connectivity index (χ3v) is 3.77. The standard InChI is InChI=1S/C17H15ClN2O4S/c1-10-8-13(6-7-14(10)18)24-9-15(21)20-17(25)19-12-4-2-11(3-5-12)16(22)23/h2-8H,9H2,1H3,(H,22,23)(H2,19,20,21,25). The van der Waals surface area contributed by atoms with Crippen LogP contribution in [0.2, 0.25) is 5.02 Å². The van der Waals surface area contributed by atoms with E-state index in [1.165, 1.54) is 12.1 Å². The van der Waals surface area contributed by atoms with Crippen LogP contribution in [0.15, 0.2) is 42.5 Å². The largest absolute Gasteiger partial charge is 0.484 e. The zero-order valence-corrected chi connectivity index (χ0v) is 14.8. The van der Waals surface area contributed by atoms with Gasteiger partial charge in [0.05, 0.1) is 5.56 Å². The monoisotopic (exact) mass is 378 g/mol. The molecule has 0 aromatic heterocycles. The topological polar surface area (TPSA) is 87.7 Å². The number of thiocarbonyl (C=S) groups is 1. The molecule has 0 saturated carbocycles. The van der Waals surface area contributed by atoms with E-state index < -0.39 is 11.9 Å². The van der Waals surface area contributed by atoms with Crippen LogP contribution in [0, 0.1) is 6.92 Å². The second kappa shape index (κ2) is 8.46. The zero-order chi connectivity index (χ0) is 18.4. The van der Waals surface area contributed by atoms with Gasteiger partial charge in [-0.1, -0.05) is 11.6 Å². The number of ether oxygens (including phenoxy) is 1. The quantitative estimate of drug-likeness (QED) is 0.692. The normalized spacial score (nSPS) is 10.0. The SMILES string of the molecule is Cc1cc(OCC(=O)NC(=S)Nc2ccc(C(=O)O)cc2)ccc1Cl. The Labute approximate surface area is 154 Å². The van der Waals surface area contributed by atoms with Crippen molar-refractivity contribution in [2.75, 3.05) is 11.9 Å². The lowest BCUT2D eigenvalue weighted by molar-refractivity contribution is -0.121. The number of hydrogen-bond donors (Lipinski definition) is 3. The molecule has 0 aliphatic rings. The number of hydrogen-bond acceptors (Lipinski definition) is 4. The van der Waals surface area contributed by atoms with Crippen LogP contribution >= 0.6 is 23.8 Å². The van der Waals surface area contributed by atoms with Crippen molar-refractivity contribution < 1.29 is 19.4 Å². The molecule has 0 heterocycles. The number of amides is 1. The summed E-state index contributed by atoms with van der Waals surface area (Å²) in [4.78, 5) is 22.6. The number of benzene rings is 2. The first-order valence-electron chi connectivity index (χ1n) is 7.18. The summed E-state index contributed by atoms with van der Waals surface area (Å²) < 4.78 is 5.37. The van der Waals surface area contributed by atoms with Crippen molar-refractivity contribution in [1.29, 1.82) is 0 Å². The lowest BCUT2D eigenvalue weighted by Crippen LogP contribution is -2.37. The van der Waals surface area contributed by atoms with Crippen molar-refractivity contribution in [2.45, 2.75) is 6.92 Å². The summed E-state index contributed by atoms with van der Waals surface area (Å²) in [5.41, 5.74) is 1.57. The number of carbonyl (C=O) groups is 2. The maximum atomic E-state index is 11.8. The van der Waals surface area contributed by atoms with Crippen LogP contribution in [0.25, 0.3) is 0 Å². The average Bonchev–Trinajstić information content (AvgIpc) is 2.56. The van der Waals surface area contributed by atoms with Gasteiger partial charge >= 0.3 is 5.97 Å². The van der Waals surface area contributed by atoms with Gasteiger partial charge in [-0.25, -0.2) is 4.79 Å². The van der Waals surface area contributed by atoms with Gasteiger partial charge < -0.3 is 15.2 Å². The first kappa shape index (κ1) is 18.7. The molecule has 0 saturated heterocycles. The molecule has 25 heavy (non-hydrogen) atoms. The third-order valence-electron chi connectivity index (χ3n) is 3.14. The van der Waals surface area contributed by atoms with E-state index in [1.807, 2.05) is 6.92 Å². The van der Waals surface area contributed by atoms with Crippen molar-refractivity contribution in [2.24, 2.45) is 0 Å². The fourth-order valence-corrected chi connectivity index (χ4v) is 2.23. The molecule has 0 spiro atoms. The molecule has 0 radical (unpaired) electrons. The summed E-state index contributed by atoms with van der Waals surface area (Å²) in [5, 5.41) is 14.8. The summed E-state index contributed by atoms with van der Waals surface area (Å²) in [6, 6.07) is 11.1. The molecule has 2 rings (SSSR count). The Morgan fingerprint density at radius 3 is 2.48 bits per heavy atom. The molecule has 2 aromatic carbocycles. The number of carbonyl (C=O) groups excluding carboxylic acids is 1. The smallest absolute Gasteiger partial charge is 0.335 e. The average molecular weight is 379 g/mol. The molecule has 6 nitrogen and oxygen atoms in total. The molecule has 0 unspecified atom stereocenters. The van der Waals surface area contributed by atoms with E-state index in [0.717, 1.165) is 5.56 Å². The molecule has 0 fully saturated rings. The number of aromatic carboxylic acids is 1. The van der Waals surface area contributed by atoms with Crippen LogP contribution in [-0.2, 0) is 4.79 Å². The van der Waals surface area contributed by atoms with E-state index in [0.29, 0.717) is 16.5 Å². The van der Waals surface area contributed by atoms with Gasteiger partial charge in [0, 0.05) is 10.7 Å². The highest BCUT2D eigenvalue weighted by molar-refractivity contribution is 7.80. The highest BCUT2D eigenvalue weighted by Gasteiger charge is 2.08. The second-order valence-electron chi connectivity index (χ2n) is 5.08. The van der Waals surface area contributed by atoms with Crippen molar-refractivity contribution in [1.82, 2.24) is 5.32 Å². The number of carboxylic acids is 1. The Bertz CT molecular complexity index is 809. The van der Waals surface area contributed by atoms with Crippen molar-refractivity contribution in [3.8, 4) is 5.75 Å². The lowest BCUT2D eigenvalue weighted by atomic mass is 10.2. The minimum Gasteiger partial charge on any atom is -0.484 e. The predicted octanol–water partition coefficient (Wildman–Crippen LogP) is 3.24. The maximum absolute atomic E-state index is 11.8. The van der Waals surface area contributed by atoms with Gasteiger partial charge in [0.25, 0.3) is 5.91 Å². The first-order valence-corrected chi connectivity index (χ1v) is 7.97. The minimum absolute atomic E-state index is 0.0870. The summed E-state index contributed by atoms with van der Waals surface area (Å²) in [6.07, 6.45) is 0. The number of nitrogens with one attached hydrogen (secondary N) is 2. The number of rotatable bonds is 5. The van der Waals surface area contributed by atoms with Gasteiger partial charge in [-0.3, -0.25) is 10.1 Å². The molecule has 130 valence electrons. The van der Waals surface area contributed by atoms with Gasteiger partial charge in [0.1, 0.15) is 5.75 Å². The summed E-state index contributed by atoms with van der Waals surface area (Å²) in [6.45, 7) is 1.63. The third kappa shape index (κ3) is 5.74. The molecule has 2 aromatic rings. The van der Waals surface area contributed by atoms with E-state index in [2.05, 4.69) is 10.6 Å². The molecule has 8 heteroatoms. The second-order valence-corrected chi connectivity index (χ2v) is 5.90. The molecule has 0 bridgehead atoms. The van der Waals surface area contributed by atoms with Gasteiger partial charge in [0.15, 0.2) is 11.7 Å². The summed E-state index contributed by atoms with van der Waals surface area (Å²) in [5.74, 6) is -0.913. The highest BCUT2D eigenvalue weighted by atomic mass is 35.5. The Balaban J connectivity index is 1.82. The van der Waals surface area contributed by atoms with Crippen molar-refractivity contribution in [3.05, 3.63) is 58.6 Å². The van der Waals surface area contributed by atoms with E-state index in [4.69, 9.17) is 33.7 Å². The number of anilines is 1. The highest BCUT2D eigenvalue weighted by Crippen LogP contribution is 2.20. The fourth-order valence-electron chi connectivity index (χ4n) is 1.88. The van der Waals surface area contributed by atoms with Gasteiger partial charge in [-0.2, -0.15) is 0 Å². The fraction of sp³-hybridized carbons (Fsp3) is 0.118. The minimum atomic E-state index is -1.02. The van der Waals surface area contributed by atoms with Crippen LogP contribution in [0.3, 0.4) is 0 Å². The Kier molecular flexibility index (Phi) is 6.32. The van der Waals surface area contributed by atoms with E-state index in [-0.39, 0.29) is 17.3 Å². The first-order chi connectivity index (χ1) is 11.8. The Morgan fingerprint density at radius 1 is 1.20 bits per heavy atom. The van der Waals surface area contributed by atoms with E-state index in [9.17, 15) is 9.59 Å². The van der Waals surface area contributed by atoms with Crippen LogP contribution in [0.1, 0.15) is 15.9 Å². The molecule has 3 N–H and O–H groups in total. The molecule has 0 aliphatic carbocycles. The van der Waals surface area contributed by atoms with Crippen LogP contribution in [0.4, 0.5) is 5.69 Å². The van der Waals surface area contributed by atoms with Crippen LogP contribution < -0.4 is 15.4 Å². The Morgan fingerprint density at radius 2 is 1.88 bits per heavy atom. The maximum Gasteiger partial charge on any atom is 0.335 e. The van der Waals surface area contributed by atoms with Gasteiger partial charge in [0.2, 0.25) is 0 Å². The molecular formula is C17H15ClN2O4S. The van der Waals surface area contributed by atoms with E-state index >= 15 is 0 Å². The molecule has 0 aliphatic heterocycles. The van der Waals surface area contributed by atoms with Crippen molar-refractivity contribution >= 4 is 46.5 Å². The lowest BCUT2D eigenvalue weighted by Gasteiger charge is -2.11. The number of carboxylic acid groups (broad SMARTS) is 1. The van der Waals surface area contributed by atoms with Crippen molar-refractivity contribution in [3.63, 3.8) is 0 Å². The molecule has 0 atom stereocenters.